The van der Waals surface area contributed by atoms with Crippen LogP contribution in [0.15, 0.2) is 0 Å². The molecule has 0 radical (unpaired) electrons. The van der Waals surface area contributed by atoms with Gasteiger partial charge in [-0.15, -0.1) is 0 Å². The largest absolute Gasteiger partial charge is 0.335 e. The van der Waals surface area contributed by atoms with Crippen LogP contribution < -0.4 is 5.32 Å². The number of rotatable bonds is 2. The number of nitrogens with zero attached hydrogens (tertiary/aromatic N) is 1. The fraction of sp³-hybridized carbons (Fsp3) is 0.857. The molecule has 0 bridgehead atoms. The normalized spacial score (nSPS) is 32.7. The van der Waals surface area contributed by atoms with Crippen molar-refractivity contribution in [3.63, 3.8) is 0 Å². The summed E-state index contributed by atoms with van der Waals surface area (Å²) in [7, 11) is 0. The second-order valence-corrected chi connectivity index (χ2v) is 5.95. The maximum atomic E-state index is 12.2. The van der Waals surface area contributed by atoms with Crippen LogP contribution in [0.5, 0.6) is 0 Å². The van der Waals surface area contributed by atoms with Crippen LogP contribution in [-0.2, 0) is 4.79 Å². The number of carbonyl (C=O) groups excluding carboxylic acids is 2. The number of urea groups is 1. The summed E-state index contributed by atoms with van der Waals surface area (Å²) in [5.41, 5.74) is 0. The molecule has 0 aromatic heterocycles. The Labute approximate surface area is 108 Å². The molecule has 4 nitrogen and oxygen atoms in total. The molecular formula is C14H22N2O2. The van der Waals surface area contributed by atoms with Crippen LogP contribution in [0.2, 0.25) is 0 Å². The van der Waals surface area contributed by atoms with E-state index < -0.39 is 0 Å². The van der Waals surface area contributed by atoms with Crippen molar-refractivity contribution in [1.82, 2.24) is 10.2 Å². The van der Waals surface area contributed by atoms with Crippen molar-refractivity contribution in [2.75, 3.05) is 6.54 Å². The van der Waals surface area contributed by atoms with E-state index in [1.165, 1.54) is 0 Å². The predicted molar refractivity (Wildman–Crippen MR) is 68.2 cm³/mol. The van der Waals surface area contributed by atoms with Gasteiger partial charge >= 0.3 is 6.03 Å². The van der Waals surface area contributed by atoms with E-state index >= 15 is 0 Å². The van der Waals surface area contributed by atoms with Gasteiger partial charge in [-0.1, -0.05) is 0 Å². The van der Waals surface area contributed by atoms with Crippen LogP contribution in [0.25, 0.3) is 0 Å². The number of carbonyl (C=O) groups is 2. The molecule has 0 aromatic carbocycles. The number of piperidine rings is 1. The number of Topliss-reactive ketones (excluding diaryl/α,β-unsaturated/α-hetero) is 1. The molecule has 2 aliphatic carbocycles. The molecule has 0 aromatic rings. The van der Waals surface area contributed by atoms with Crippen LogP contribution >= 0.6 is 0 Å². The van der Waals surface area contributed by atoms with Crippen molar-refractivity contribution in [3.8, 4) is 0 Å². The highest BCUT2D eigenvalue weighted by molar-refractivity contribution is 5.84. The van der Waals surface area contributed by atoms with E-state index in [9.17, 15) is 9.59 Å². The Bertz CT molecular complexity index is 352. The molecule has 1 heterocycles. The van der Waals surface area contributed by atoms with E-state index in [-0.39, 0.29) is 18.0 Å². The Morgan fingerprint density at radius 3 is 2.61 bits per heavy atom. The zero-order chi connectivity index (χ0) is 12.5. The van der Waals surface area contributed by atoms with Gasteiger partial charge in [-0.05, 0) is 44.9 Å². The fourth-order valence-electron chi connectivity index (χ4n) is 3.36. The summed E-state index contributed by atoms with van der Waals surface area (Å²) in [5, 5.41) is 3.07. The molecule has 100 valence electrons. The zero-order valence-electron chi connectivity index (χ0n) is 10.9. The third-order valence-corrected chi connectivity index (χ3v) is 4.53. The van der Waals surface area contributed by atoms with Gasteiger partial charge in [0.05, 0.1) is 0 Å². The summed E-state index contributed by atoms with van der Waals surface area (Å²) in [6, 6.07) is 0.647. The quantitative estimate of drug-likeness (QED) is 0.815. The SMILES string of the molecule is O=C1CCCC1C1CCCCN1C(=O)NC1CC1. The van der Waals surface area contributed by atoms with Gasteiger partial charge in [-0.3, -0.25) is 4.79 Å². The van der Waals surface area contributed by atoms with Crippen LogP contribution in [0.3, 0.4) is 0 Å². The minimum atomic E-state index is 0.0712. The number of ketones is 1. The summed E-state index contributed by atoms with van der Waals surface area (Å²) < 4.78 is 0. The van der Waals surface area contributed by atoms with Crippen LogP contribution in [-0.4, -0.2) is 35.3 Å². The number of likely N-dealkylation sites (tertiary alicyclic amines) is 1. The second kappa shape index (κ2) is 4.90. The molecule has 2 saturated carbocycles. The van der Waals surface area contributed by atoms with E-state index in [0.717, 1.165) is 57.9 Å². The van der Waals surface area contributed by atoms with E-state index in [0.29, 0.717) is 11.8 Å². The Balaban J connectivity index is 1.68. The third-order valence-electron chi connectivity index (χ3n) is 4.53. The van der Waals surface area contributed by atoms with Gasteiger partial charge in [0.1, 0.15) is 5.78 Å². The lowest BCUT2D eigenvalue weighted by Crippen LogP contribution is -2.52. The molecule has 2 atom stereocenters. The molecule has 3 fully saturated rings. The first-order valence-corrected chi connectivity index (χ1v) is 7.35. The molecule has 1 saturated heterocycles. The Morgan fingerprint density at radius 2 is 1.94 bits per heavy atom. The molecule has 3 rings (SSSR count). The molecule has 18 heavy (non-hydrogen) atoms. The highest BCUT2D eigenvalue weighted by atomic mass is 16.2. The number of nitrogens with one attached hydrogen (secondary N) is 1. The summed E-state index contributed by atoms with van der Waals surface area (Å²) >= 11 is 0. The molecular weight excluding hydrogens is 228 g/mol. The Kier molecular flexibility index (Phi) is 3.27. The first-order chi connectivity index (χ1) is 8.75. The molecule has 4 heteroatoms. The topological polar surface area (TPSA) is 49.4 Å². The van der Waals surface area contributed by atoms with Gasteiger partial charge in [0.2, 0.25) is 0 Å². The van der Waals surface area contributed by atoms with Crippen molar-refractivity contribution in [1.29, 1.82) is 0 Å². The van der Waals surface area contributed by atoms with Crippen molar-refractivity contribution >= 4 is 11.8 Å². The summed E-state index contributed by atoms with van der Waals surface area (Å²) in [6.45, 7) is 0.826. The minimum Gasteiger partial charge on any atom is -0.335 e. The van der Waals surface area contributed by atoms with Gasteiger partial charge in [-0.2, -0.15) is 0 Å². The first kappa shape index (κ1) is 12.0. The van der Waals surface area contributed by atoms with Crippen molar-refractivity contribution < 1.29 is 9.59 Å². The average molecular weight is 250 g/mol. The van der Waals surface area contributed by atoms with Crippen molar-refractivity contribution in [2.45, 2.75) is 63.5 Å². The monoisotopic (exact) mass is 250 g/mol. The maximum absolute atomic E-state index is 12.2. The van der Waals surface area contributed by atoms with Gasteiger partial charge in [-0.25, -0.2) is 4.79 Å². The van der Waals surface area contributed by atoms with Gasteiger partial charge in [0.25, 0.3) is 0 Å². The van der Waals surface area contributed by atoms with Crippen molar-refractivity contribution in [3.05, 3.63) is 0 Å². The summed E-state index contributed by atoms with van der Waals surface area (Å²) in [5.74, 6) is 0.501. The first-order valence-electron chi connectivity index (χ1n) is 7.35. The van der Waals surface area contributed by atoms with E-state index in [1.807, 2.05) is 4.90 Å². The van der Waals surface area contributed by atoms with Gasteiger partial charge in [0, 0.05) is 31.0 Å². The molecule has 1 N–H and O–H groups in total. The van der Waals surface area contributed by atoms with E-state index in [2.05, 4.69) is 5.32 Å². The summed E-state index contributed by atoms with van der Waals surface area (Å²) in [6.07, 6.45) is 8.19. The second-order valence-electron chi connectivity index (χ2n) is 5.95. The maximum Gasteiger partial charge on any atom is 0.317 e. The lowest BCUT2D eigenvalue weighted by Gasteiger charge is -2.38. The van der Waals surface area contributed by atoms with Crippen LogP contribution in [0.1, 0.15) is 51.4 Å². The zero-order valence-corrected chi connectivity index (χ0v) is 10.9. The fourth-order valence-corrected chi connectivity index (χ4v) is 3.36. The molecule has 2 amide bonds. The molecule has 3 aliphatic rings. The molecule has 0 spiro atoms. The highest BCUT2D eigenvalue weighted by Gasteiger charge is 2.39. The third kappa shape index (κ3) is 2.38. The smallest absolute Gasteiger partial charge is 0.317 e. The molecule has 1 aliphatic heterocycles. The summed E-state index contributed by atoms with van der Waals surface area (Å²) in [4.78, 5) is 26.1. The predicted octanol–water partition coefficient (Wildman–Crippen LogP) is 2.08. The standard InChI is InChI=1S/C14H22N2O2/c17-13-6-3-4-11(13)12-5-1-2-9-16(12)14(18)15-10-7-8-10/h10-12H,1-9H2,(H,15,18). The molecule has 2 unspecified atom stereocenters. The van der Waals surface area contributed by atoms with Crippen LogP contribution in [0, 0.1) is 5.92 Å². The number of hydrogen-bond acceptors (Lipinski definition) is 2. The Hall–Kier alpha value is -1.06. The van der Waals surface area contributed by atoms with E-state index in [1.54, 1.807) is 0 Å². The Morgan fingerprint density at radius 1 is 1.11 bits per heavy atom. The van der Waals surface area contributed by atoms with Crippen LogP contribution in [0.4, 0.5) is 4.79 Å². The van der Waals surface area contributed by atoms with Crippen molar-refractivity contribution in [2.24, 2.45) is 5.92 Å². The van der Waals surface area contributed by atoms with E-state index in [4.69, 9.17) is 0 Å². The lowest BCUT2D eigenvalue weighted by molar-refractivity contribution is -0.122. The number of hydrogen-bond donors (Lipinski definition) is 1. The van der Waals surface area contributed by atoms with Gasteiger partial charge < -0.3 is 10.2 Å². The minimum absolute atomic E-state index is 0.0712. The highest BCUT2D eigenvalue weighted by Crippen LogP contribution is 2.33. The lowest BCUT2D eigenvalue weighted by atomic mass is 9.88. The average Bonchev–Trinajstić information content (AvgIpc) is 3.09. The van der Waals surface area contributed by atoms with Gasteiger partial charge in [0.15, 0.2) is 0 Å². The number of amides is 2.